The number of hydrogen-bond acceptors (Lipinski definition) is 5. The average molecular weight is 277 g/mol. The minimum absolute atomic E-state index is 0.0760. The maximum atomic E-state index is 12.3. The van der Waals surface area contributed by atoms with E-state index >= 15 is 0 Å². The molecule has 0 aromatic heterocycles. The molecule has 0 atom stereocenters. The van der Waals surface area contributed by atoms with Crippen molar-refractivity contribution in [3.05, 3.63) is 35.6 Å². The summed E-state index contributed by atoms with van der Waals surface area (Å²) in [4.78, 5) is 25.2. The fraction of sp³-hybridized carbons (Fsp3) is 0.286. The molecule has 6 nitrogen and oxygen atoms in total. The van der Waals surface area contributed by atoms with Crippen molar-refractivity contribution in [3.63, 3.8) is 0 Å². The minimum Gasteiger partial charge on any atom is -0.509 e. The average Bonchev–Trinajstić information content (AvgIpc) is 2.74. The number of methoxy groups -OCH3 is 1. The molecule has 0 saturated heterocycles. The van der Waals surface area contributed by atoms with Gasteiger partial charge in [0.2, 0.25) is 0 Å². The van der Waals surface area contributed by atoms with E-state index in [1.807, 2.05) is 0 Å². The second-order valence-electron chi connectivity index (χ2n) is 4.11. The molecule has 0 unspecified atom stereocenters. The summed E-state index contributed by atoms with van der Waals surface area (Å²) in [6.07, 6.45) is 0. The molecule has 20 heavy (non-hydrogen) atoms. The van der Waals surface area contributed by atoms with Gasteiger partial charge in [-0.1, -0.05) is 12.1 Å². The number of aliphatic hydroxyl groups excluding tert-OH is 1. The number of amides is 1. The molecule has 2 rings (SSSR count). The molecule has 0 spiro atoms. The molecule has 106 valence electrons. The van der Waals surface area contributed by atoms with Gasteiger partial charge in [0, 0.05) is 0 Å². The van der Waals surface area contributed by atoms with E-state index in [-0.39, 0.29) is 24.5 Å². The van der Waals surface area contributed by atoms with Crippen LogP contribution < -0.4 is 9.64 Å². The van der Waals surface area contributed by atoms with Gasteiger partial charge in [0.25, 0.3) is 5.91 Å². The summed E-state index contributed by atoms with van der Waals surface area (Å²) >= 11 is 0. The Hall–Kier alpha value is -2.50. The van der Waals surface area contributed by atoms with Gasteiger partial charge in [-0.2, -0.15) is 0 Å². The number of hydrogen-bond donors (Lipinski definition) is 1. The Morgan fingerprint density at radius 2 is 2.10 bits per heavy atom. The molecular formula is C14H15NO5. The lowest BCUT2D eigenvalue weighted by atomic mass is 10.2. The van der Waals surface area contributed by atoms with Crippen LogP contribution in [-0.4, -0.2) is 37.2 Å². The summed E-state index contributed by atoms with van der Waals surface area (Å²) in [5.41, 5.74) is 0.170. The largest absolute Gasteiger partial charge is 0.509 e. The zero-order chi connectivity index (χ0) is 14.7. The molecule has 0 bridgehead atoms. The number of anilines is 1. The van der Waals surface area contributed by atoms with Gasteiger partial charge in [0.1, 0.15) is 11.5 Å². The maximum absolute atomic E-state index is 12.3. The van der Waals surface area contributed by atoms with Crippen LogP contribution >= 0.6 is 0 Å². The van der Waals surface area contributed by atoms with Gasteiger partial charge in [-0.25, -0.2) is 4.79 Å². The van der Waals surface area contributed by atoms with Crippen molar-refractivity contribution in [1.82, 2.24) is 0 Å². The summed E-state index contributed by atoms with van der Waals surface area (Å²) in [6, 6.07) is 6.88. The van der Waals surface area contributed by atoms with E-state index in [1.54, 1.807) is 31.2 Å². The van der Waals surface area contributed by atoms with E-state index in [0.717, 1.165) is 0 Å². The quantitative estimate of drug-likeness (QED) is 0.665. The summed E-state index contributed by atoms with van der Waals surface area (Å²) in [6.45, 7) is 1.69. The zero-order valence-corrected chi connectivity index (χ0v) is 11.3. The number of ether oxygens (including phenoxy) is 2. The van der Waals surface area contributed by atoms with Gasteiger partial charge in [-0.15, -0.1) is 0 Å². The number of para-hydroxylation sites is 2. The van der Waals surface area contributed by atoms with Gasteiger partial charge in [0.15, 0.2) is 5.57 Å². The fourth-order valence-corrected chi connectivity index (χ4v) is 2.01. The van der Waals surface area contributed by atoms with E-state index in [9.17, 15) is 14.7 Å². The van der Waals surface area contributed by atoms with Gasteiger partial charge in [0.05, 0.1) is 25.9 Å². The first-order valence-corrected chi connectivity index (χ1v) is 6.14. The van der Waals surface area contributed by atoms with Crippen LogP contribution in [-0.2, 0) is 14.3 Å². The van der Waals surface area contributed by atoms with Gasteiger partial charge in [-0.05, 0) is 19.1 Å². The van der Waals surface area contributed by atoms with Crippen LogP contribution in [0.5, 0.6) is 5.75 Å². The molecule has 1 aromatic carbocycles. The standard InChI is InChI=1S/C14H15NO5/c1-3-20-14(18)12-10(16)8-15(13(12)17)9-6-4-5-7-11(9)19-2/h4-7,16H,3,8H2,1-2H3. The number of carbonyl (C=O) groups is 2. The van der Waals surface area contributed by atoms with E-state index in [0.29, 0.717) is 11.4 Å². The monoisotopic (exact) mass is 277 g/mol. The van der Waals surface area contributed by atoms with Crippen molar-refractivity contribution in [2.24, 2.45) is 0 Å². The molecule has 0 fully saturated rings. The number of esters is 1. The lowest BCUT2D eigenvalue weighted by molar-refractivity contribution is -0.139. The van der Waals surface area contributed by atoms with Gasteiger partial charge >= 0.3 is 5.97 Å². The Bertz CT molecular complexity index is 579. The maximum Gasteiger partial charge on any atom is 0.347 e. The molecular weight excluding hydrogens is 262 g/mol. The highest BCUT2D eigenvalue weighted by Crippen LogP contribution is 2.32. The van der Waals surface area contributed by atoms with Crippen LogP contribution in [0.3, 0.4) is 0 Å². The second kappa shape index (κ2) is 5.64. The molecule has 1 aliphatic heterocycles. The number of nitrogens with zero attached hydrogens (tertiary/aromatic N) is 1. The first kappa shape index (κ1) is 13.9. The molecule has 1 heterocycles. The van der Waals surface area contributed by atoms with Crippen LogP contribution in [0.15, 0.2) is 35.6 Å². The summed E-state index contributed by atoms with van der Waals surface area (Å²) < 4.78 is 9.95. The highest BCUT2D eigenvalue weighted by Gasteiger charge is 2.37. The van der Waals surface area contributed by atoms with Crippen molar-refractivity contribution in [3.8, 4) is 5.75 Å². The van der Waals surface area contributed by atoms with Crippen molar-refractivity contribution in [2.75, 3.05) is 25.2 Å². The molecule has 1 N–H and O–H groups in total. The summed E-state index contributed by atoms with van der Waals surface area (Å²) in [5.74, 6) is -1.21. The first-order chi connectivity index (χ1) is 9.60. The van der Waals surface area contributed by atoms with E-state index in [1.165, 1.54) is 12.0 Å². The van der Waals surface area contributed by atoms with E-state index in [4.69, 9.17) is 9.47 Å². The Kier molecular flexibility index (Phi) is 3.93. The topological polar surface area (TPSA) is 76.1 Å². The van der Waals surface area contributed by atoms with Crippen LogP contribution in [0, 0.1) is 0 Å². The van der Waals surface area contributed by atoms with Crippen molar-refractivity contribution in [2.45, 2.75) is 6.92 Å². The van der Waals surface area contributed by atoms with Crippen LogP contribution in [0.4, 0.5) is 5.69 Å². The number of aliphatic hydroxyl groups is 1. The predicted octanol–water partition coefficient (Wildman–Crippen LogP) is 1.42. The molecule has 0 saturated carbocycles. The van der Waals surface area contributed by atoms with Crippen molar-refractivity contribution < 1.29 is 24.2 Å². The zero-order valence-electron chi connectivity index (χ0n) is 11.3. The fourth-order valence-electron chi connectivity index (χ4n) is 2.01. The molecule has 0 radical (unpaired) electrons. The lowest BCUT2D eigenvalue weighted by Gasteiger charge is -2.18. The third-order valence-electron chi connectivity index (χ3n) is 2.91. The van der Waals surface area contributed by atoms with Crippen LogP contribution in [0.2, 0.25) is 0 Å². The highest BCUT2D eigenvalue weighted by molar-refractivity contribution is 6.24. The van der Waals surface area contributed by atoms with Gasteiger partial charge < -0.3 is 14.6 Å². The highest BCUT2D eigenvalue weighted by atomic mass is 16.5. The Balaban J connectivity index is 2.31. The Morgan fingerprint density at radius 3 is 2.75 bits per heavy atom. The van der Waals surface area contributed by atoms with Crippen LogP contribution in [0.25, 0.3) is 0 Å². The third-order valence-corrected chi connectivity index (χ3v) is 2.91. The predicted molar refractivity (Wildman–Crippen MR) is 71.6 cm³/mol. The number of benzene rings is 1. The lowest BCUT2D eigenvalue weighted by Crippen LogP contribution is -2.29. The molecule has 1 amide bonds. The smallest absolute Gasteiger partial charge is 0.347 e. The number of rotatable bonds is 4. The van der Waals surface area contributed by atoms with Crippen molar-refractivity contribution in [1.29, 1.82) is 0 Å². The Morgan fingerprint density at radius 1 is 1.40 bits per heavy atom. The molecule has 1 aliphatic rings. The Labute approximate surface area is 116 Å². The van der Waals surface area contributed by atoms with Crippen molar-refractivity contribution >= 4 is 17.6 Å². The summed E-state index contributed by atoms with van der Waals surface area (Å²) in [7, 11) is 1.49. The number of carbonyl (C=O) groups excluding carboxylic acids is 2. The summed E-state index contributed by atoms with van der Waals surface area (Å²) in [5, 5.41) is 9.83. The van der Waals surface area contributed by atoms with Crippen LogP contribution in [0.1, 0.15) is 6.92 Å². The van der Waals surface area contributed by atoms with E-state index in [2.05, 4.69) is 0 Å². The molecule has 6 heteroatoms. The minimum atomic E-state index is -0.813. The van der Waals surface area contributed by atoms with Gasteiger partial charge in [-0.3, -0.25) is 9.69 Å². The first-order valence-electron chi connectivity index (χ1n) is 6.14. The second-order valence-corrected chi connectivity index (χ2v) is 4.11. The van der Waals surface area contributed by atoms with E-state index < -0.39 is 11.9 Å². The molecule has 1 aromatic rings. The SMILES string of the molecule is CCOC(=O)C1=C(O)CN(c2ccccc2OC)C1=O. The normalized spacial score (nSPS) is 14.7. The molecule has 0 aliphatic carbocycles. The third kappa shape index (κ3) is 2.32.